The largest absolute Gasteiger partial charge is 0.475 e. The summed E-state index contributed by atoms with van der Waals surface area (Å²) in [5, 5.41) is 14.5. The van der Waals surface area contributed by atoms with Crippen molar-refractivity contribution >= 4 is 0 Å². The molecule has 1 N–H and O–H groups in total. The van der Waals surface area contributed by atoms with E-state index in [-0.39, 0.29) is 17.8 Å². The molecule has 21 heavy (non-hydrogen) atoms. The minimum Gasteiger partial charge on any atom is -0.475 e. The number of benzene rings is 1. The Morgan fingerprint density at radius 1 is 1.19 bits per heavy atom. The molecule has 0 aliphatic rings. The average molecular weight is 292 g/mol. The van der Waals surface area contributed by atoms with Crippen LogP contribution in [0.1, 0.15) is 27.7 Å². The number of hydrogen-bond acceptors (Lipinski definition) is 3. The van der Waals surface area contributed by atoms with Crippen molar-refractivity contribution in [2.75, 3.05) is 6.61 Å². The first-order chi connectivity index (χ1) is 9.72. The number of para-hydroxylation sites is 1. The minimum absolute atomic E-state index is 0.0939. The van der Waals surface area contributed by atoms with Gasteiger partial charge in [0.15, 0.2) is 0 Å². The maximum absolute atomic E-state index is 13.8. The molecule has 0 spiro atoms. The van der Waals surface area contributed by atoms with E-state index in [9.17, 15) is 9.50 Å². The van der Waals surface area contributed by atoms with Gasteiger partial charge in [0.05, 0.1) is 6.20 Å². The Morgan fingerprint density at radius 3 is 2.48 bits per heavy atom. The zero-order valence-corrected chi connectivity index (χ0v) is 12.8. The Balaban J connectivity index is 2.21. The van der Waals surface area contributed by atoms with Gasteiger partial charge in [0.1, 0.15) is 23.7 Å². The molecule has 0 unspecified atom stereocenters. The van der Waals surface area contributed by atoms with Crippen molar-refractivity contribution in [1.82, 2.24) is 9.78 Å². The van der Waals surface area contributed by atoms with Gasteiger partial charge in [-0.05, 0) is 24.5 Å². The molecule has 1 heterocycles. The Kier molecular flexibility index (Phi) is 4.05. The summed E-state index contributed by atoms with van der Waals surface area (Å²) >= 11 is 0. The molecule has 4 nitrogen and oxygen atoms in total. The fourth-order valence-corrected chi connectivity index (χ4v) is 1.64. The first kappa shape index (κ1) is 15.5. The lowest BCUT2D eigenvalue weighted by Crippen LogP contribution is -2.45. The molecular formula is C16H21FN2O2. The summed E-state index contributed by atoms with van der Waals surface area (Å²) in [7, 11) is 0. The molecule has 0 fully saturated rings. The third kappa shape index (κ3) is 3.24. The van der Waals surface area contributed by atoms with E-state index in [1.165, 1.54) is 16.9 Å². The van der Waals surface area contributed by atoms with Gasteiger partial charge in [0.2, 0.25) is 5.88 Å². The highest BCUT2D eigenvalue weighted by Crippen LogP contribution is 2.31. The quantitative estimate of drug-likeness (QED) is 0.941. The van der Waals surface area contributed by atoms with E-state index in [2.05, 4.69) is 5.10 Å². The van der Waals surface area contributed by atoms with Gasteiger partial charge < -0.3 is 9.84 Å². The molecule has 2 aromatic rings. The van der Waals surface area contributed by atoms with Crippen LogP contribution >= 0.6 is 0 Å². The Morgan fingerprint density at radius 2 is 1.86 bits per heavy atom. The van der Waals surface area contributed by atoms with Crippen LogP contribution in [0, 0.1) is 11.2 Å². The van der Waals surface area contributed by atoms with E-state index < -0.39 is 5.60 Å². The van der Waals surface area contributed by atoms with Crippen molar-refractivity contribution in [3.8, 4) is 11.6 Å². The second-order valence-corrected chi connectivity index (χ2v) is 6.35. The van der Waals surface area contributed by atoms with E-state index >= 15 is 0 Å². The van der Waals surface area contributed by atoms with Crippen LogP contribution in [0.15, 0.2) is 36.5 Å². The van der Waals surface area contributed by atoms with Crippen LogP contribution in [-0.2, 0) is 0 Å². The van der Waals surface area contributed by atoms with E-state index in [1.807, 2.05) is 20.8 Å². The van der Waals surface area contributed by atoms with Crippen LogP contribution in [0.25, 0.3) is 5.69 Å². The van der Waals surface area contributed by atoms with Gasteiger partial charge in [-0.1, -0.05) is 32.9 Å². The maximum Gasteiger partial charge on any atom is 0.216 e. The fraction of sp³-hybridized carbons (Fsp3) is 0.438. The Labute approximate surface area is 124 Å². The summed E-state index contributed by atoms with van der Waals surface area (Å²) in [6.45, 7) is 7.62. The Bertz CT molecular complexity index is 615. The SMILES string of the molecule is CC(C)(C)[C@@](C)(O)COc1ccnn1-c1ccccc1F. The lowest BCUT2D eigenvalue weighted by molar-refractivity contribution is -0.0737. The first-order valence-corrected chi connectivity index (χ1v) is 6.86. The van der Waals surface area contributed by atoms with Crippen molar-refractivity contribution < 1.29 is 14.2 Å². The summed E-state index contributed by atoms with van der Waals surface area (Å²) in [4.78, 5) is 0. The molecule has 0 bridgehead atoms. The zero-order valence-electron chi connectivity index (χ0n) is 12.8. The van der Waals surface area contributed by atoms with E-state index in [0.717, 1.165) is 0 Å². The highest BCUT2D eigenvalue weighted by atomic mass is 19.1. The number of aliphatic hydroxyl groups is 1. The monoisotopic (exact) mass is 292 g/mol. The lowest BCUT2D eigenvalue weighted by Gasteiger charge is -2.36. The summed E-state index contributed by atoms with van der Waals surface area (Å²) in [6, 6.07) is 7.98. The highest BCUT2D eigenvalue weighted by Gasteiger charge is 2.36. The summed E-state index contributed by atoms with van der Waals surface area (Å²) in [5.74, 6) is 0.0123. The molecule has 5 heteroatoms. The van der Waals surface area contributed by atoms with Crippen molar-refractivity contribution in [3.63, 3.8) is 0 Å². The molecule has 1 aromatic heterocycles. The molecule has 0 aliphatic heterocycles. The van der Waals surface area contributed by atoms with Gasteiger partial charge in [0.25, 0.3) is 0 Å². The predicted octanol–water partition coefficient (Wildman–Crippen LogP) is 3.19. The van der Waals surface area contributed by atoms with Gasteiger partial charge >= 0.3 is 0 Å². The zero-order chi connectivity index (χ0) is 15.7. The van der Waals surface area contributed by atoms with Crippen molar-refractivity contribution in [2.45, 2.75) is 33.3 Å². The van der Waals surface area contributed by atoms with Crippen LogP contribution in [0.3, 0.4) is 0 Å². The van der Waals surface area contributed by atoms with Gasteiger partial charge in [0, 0.05) is 6.07 Å². The fourth-order valence-electron chi connectivity index (χ4n) is 1.64. The van der Waals surface area contributed by atoms with E-state index in [4.69, 9.17) is 4.74 Å². The summed E-state index contributed by atoms with van der Waals surface area (Å²) in [6.07, 6.45) is 1.54. The molecule has 0 saturated carbocycles. The molecule has 0 amide bonds. The number of hydrogen-bond donors (Lipinski definition) is 1. The van der Waals surface area contributed by atoms with Gasteiger partial charge in [-0.2, -0.15) is 9.78 Å². The van der Waals surface area contributed by atoms with E-state index in [1.54, 1.807) is 31.2 Å². The van der Waals surface area contributed by atoms with E-state index in [0.29, 0.717) is 11.6 Å². The molecule has 0 saturated heterocycles. The standard InChI is InChI=1S/C16H21FN2O2/c1-15(2,3)16(4,20)11-21-14-9-10-18-19(14)13-8-6-5-7-12(13)17/h5-10,20H,11H2,1-4H3/t16-/m0/s1. The van der Waals surface area contributed by atoms with Crippen LogP contribution in [0.2, 0.25) is 0 Å². The molecule has 1 aromatic carbocycles. The number of halogens is 1. The van der Waals surface area contributed by atoms with Gasteiger partial charge in [-0.15, -0.1) is 0 Å². The summed E-state index contributed by atoms with van der Waals surface area (Å²) < 4.78 is 20.9. The van der Waals surface area contributed by atoms with Crippen molar-refractivity contribution in [1.29, 1.82) is 0 Å². The van der Waals surface area contributed by atoms with Crippen LogP contribution < -0.4 is 4.74 Å². The maximum atomic E-state index is 13.8. The minimum atomic E-state index is -1.02. The third-order valence-electron chi connectivity index (χ3n) is 3.81. The third-order valence-corrected chi connectivity index (χ3v) is 3.81. The normalized spacial score (nSPS) is 14.8. The van der Waals surface area contributed by atoms with Gasteiger partial charge in [-0.25, -0.2) is 4.39 Å². The van der Waals surface area contributed by atoms with Crippen LogP contribution in [-0.4, -0.2) is 27.1 Å². The molecular weight excluding hydrogens is 271 g/mol. The molecule has 2 rings (SSSR count). The smallest absolute Gasteiger partial charge is 0.216 e. The average Bonchev–Trinajstić information content (AvgIpc) is 2.84. The molecule has 1 atom stereocenters. The number of ether oxygens (including phenoxy) is 1. The number of aromatic nitrogens is 2. The van der Waals surface area contributed by atoms with Crippen LogP contribution in [0.4, 0.5) is 4.39 Å². The van der Waals surface area contributed by atoms with Crippen molar-refractivity contribution in [2.24, 2.45) is 5.41 Å². The van der Waals surface area contributed by atoms with Crippen molar-refractivity contribution in [3.05, 3.63) is 42.3 Å². The lowest BCUT2D eigenvalue weighted by atomic mass is 9.78. The molecule has 114 valence electrons. The second-order valence-electron chi connectivity index (χ2n) is 6.35. The van der Waals surface area contributed by atoms with Crippen LogP contribution in [0.5, 0.6) is 5.88 Å². The number of nitrogens with zero attached hydrogens (tertiary/aromatic N) is 2. The molecule has 0 aliphatic carbocycles. The molecule has 0 radical (unpaired) electrons. The second kappa shape index (κ2) is 5.48. The summed E-state index contributed by atoms with van der Waals surface area (Å²) in [5.41, 5.74) is -1.04. The first-order valence-electron chi connectivity index (χ1n) is 6.86. The Hall–Kier alpha value is -1.88. The number of rotatable bonds is 4. The highest BCUT2D eigenvalue weighted by molar-refractivity contribution is 5.35. The topological polar surface area (TPSA) is 47.3 Å². The van der Waals surface area contributed by atoms with Gasteiger partial charge in [-0.3, -0.25) is 0 Å². The predicted molar refractivity (Wildman–Crippen MR) is 79.1 cm³/mol.